The molecular formula is C24H28N6O3. The minimum Gasteiger partial charge on any atom is -0.497 e. The second-order valence-corrected chi connectivity index (χ2v) is 7.67. The van der Waals surface area contributed by atoms with E-state index in [1.807, 2.05) is 37.3 Å². The topological polar surface area (TPSA) is 105 Å². The molecule has 1 saturated heterocycles. The zero-order valence-corrected chi connectivity index (χ0v) is 19.1. The van der Waals surface area contributed by atoms with Crippen molar-refractivity contribution in [3.8, 4) is 17.3 Å². The van der Waals surface area contributed by atoms with Gasteiger partial charge in [0.05, 0.1) is 13.7 Å². The summed E-state index contributed by atoms with van der Waals surface area (Å²) in [5.41, 5.74) is 3.26. The highest BCUT2D eigenvalue weighted by atomic mass is 16.5. The van der Waals surface area contributed by atoms with Crippen molar-refractivity contribution in [3.05, 3.63) is 53.2 Å². The van der Waals surface area contributed by atoms with Crippen LogP contribution in [0.25, 0.3) is 17.6 Å². The van der Waals surface area contributed by atoms with Gasteiger partial charge in [-0.2, -0.15) is 5.10 Å². The molecule has 1 fully saturated rings. The van der Waals surface area contributed by atoms with Crippen LogP contribution in [0.3, 0.4) is 0 Å². The SMILES string of the molecule is CCOC(=O)/C=C/c1c(-c2nc(NCc3ccc(OC)cc3)cc(N3CCC3)n2)n[nH]c1C. The molecule has 4 rings (SSSR count). The zero-order chi connectivity index (χ0) is 23.2. The lowest BCUT2D eigenvalue weighted by Gasteiger charge is -2.32. The maximum Gasteiger partial charge on any atom is 0.330 e. The van der Waals surface area contributed by atoms with Crippen LogP contribution in [0.15, 0.2) is 36.4 Å². The Morgan fingerprint density at radius 1 is 1.24 bits per heavy atom. The monoisotopic (exact) mass is 448 g/mol. The summed E-state index contributed by atoms with van der Waals surface area (Å²) >= 11 is 0. The predicted octanol–water partition coefficient (Wildman–Crippen LogP) is 3.58. The lowest BCUT2D eigenvalue weighted by atomic mass is 10.1. The third kappa shape index (κ3) is 5.31. The maximum absolute atomic E-state index is 11.8. The Kier molecular flexibility index (Phi) is 6.87. The Hall–Kier alpha value is -3.88. The number of hydrogen-bond donors (Lipinski definition) is 2. The minimum absolute atomic E-state index is 0.324. The molecule has 0 saturated carbocycles. The smallest absolute Gasteiger partial charge is 0.330 e. The van der Waals surface area contributed by atoms with Crippen LogP contribution in [0.5, 0.6) is 5.75 Å². The molecule has 0 unspecified atom stereocenters. The Morgan fingerprint density at radius 3 is 2.70 bits per heavy atom. The number of aryl methyl sites for hydroxylation is 1. The van der Waals surface area contributed by atoms with Crippen LogP contribution in [0.4, 0.5) is 11.6 Å². The van der Waals surface area contributed by atoms with Crippen molar-refractivity contribution in [1.82, 2.24) is 20.2 Å². The molecule has 0 atom stereocenters. The number of carbonyl (C=O) groups is 1. The lowest BCUT2D eigenvalue weighted by molar-refractivity contribution is -0.137. The second kappa shape index (κ2) is 10.2. The Labute approximate surface area is 192 Å². The summed E-state index contributed by atoms with van der Waals surface area (Å²) in [5.74, 6) is 2.47. The highest BCUT2D eigenvalue weighted by Crippen LogP contribution is 2.28. The number of aromatic amines is 1. The first-order valence-electron chi connectivity index (χ1n) is 11.0. The number of rotatable bonds is 9. The van der Waals surface area contributed by atoms with Crippen LogP contribution in [-0.4, -0.2) is 52.9 Å². The number of H-pyrrole nitrogens is 1. The van der Waals surface area contributed by atoms with Gasteiger partial charge < -0.3 is 19.7 Å². The fraction of sp³-hybridized carbons (Fsp3) is 0.333. The molecule has 3 aromatic rings. The van der Waals surface area contributed by atoms with Gasteiger partial charge in [-0.15, -0.1) is 0 Å². The molecule has 9 heteroatoms. The number of methoxy groups -OCH3 is 1. The van der Waals surface area contributed by atoms with Gasteiger partial charge in [-0.05, 0) is 44.0 Å². The van der Waals surface area contributed by atoms with E-state index in [0.29, 0.717) is 30.5 Å². The molecule has 2 aromatic heterocycles. The molecule has 0 radical (unpaired) electrons. The highest BCUT2D eigenvalue weighted by molar-refractivity contribution is 5.88. The molecule has 0 amide bonds. The first kappa shape index (κ1) is 22.3. The number of aromatic nitrogens is 4. The van der Waals surface area contributed by atoms with Crippen LogP contribution in [0, 0.1) is 6.92 Å². The second-order valence-electron chi connectivity index (χ2n) is 7.67. The van der Waals surface area contributed by atoms with E-state index in [0.717, 1.165) is 47.9 Å². The van der Waals surface area contributed by atoms with E-state index < -0.39 is 5.97 Å². The van der Waals surface area contributed by atoms with E-state index in [1.165, 1.54) is 6.08 Å². The van der Waals surface area contributed by atoms with Crippen LogP contribution in [0.1, 0.15) is 30.2 Å². The molecular weight excluding hydrogens is 420 g/mol. The third-order valence-electron chi connectivity index (χ3n) is 5.40. The quantitative estimate of drug-likeness (QED) is 0.378. The lowest BCUT2D eigenvalue weighted by Crippen LogP contribution is -2.37. The number of esters is 1. The van der Waals surface area contributed by atoms with E-state index in [4.69, 9.17) is 19.4 Å². The van der Waals surface area contributed by atoms with Gasteiger partial charge in [0.15, 0.2) is 5.82 Å². The molecule has 3 heterocycles. The van der Waals surface area contributed by atoms with Crippen molar-refractivity contribution in [3.63, 3.8) is 0 Å². The van der Waals surface area contributed by atoms with E-state index in [-0.39, 0.29) is 0 Å². The van der Waals surface area contributed by atoms with Crippen LogP contribution < -0.4 is 15.0 Å². The molecule has 0 aliphatic carbocycles. The standard InChI is InChI=1S/C24H28N6O3/c1-4-33-22(31)11-10-19-16(2)28-29-23(19)24-26-20(14-21(27-24)30-12-5-13-30)25-15-17-6-8-18(32-3)9-7-17/h6-11,14H,4-5,12-13,15H2,1-3H3,(H,28,29)(H,25,26,27)/b11-10+. The fourth-order valence-electron chi connectivity index (χ4n) is 3.43. The average molecular weight is 449 g/mol. The maximum atomic E-state index is 11.8. The zero-order valence-electron chi connectivity index (χ0n) is 19.1. The van der Waals surface area contributed by atoms with Gasteiger partial charge in [0.2, 0.25) is 0 Å². The Bertz CT molecular complexity index is 1140. The third-order valence-corrected chi connectivity index (χ3v) is 5.40. The van der Waals surface area contributed by atoms with Crippen molar-refractivity contribution in [2.45, 2.75) is 26.8 Å². The van der Waals surface area contributed by atoms with Crippen LogP contribution in [0.2, 0.25) is 0 Å². The molecule has 2 N–H and O–H groups in total. The summed E-state index contributed by atoms with van der Waals surface area (Å²) in [6, 6.07) is 9.85. The summed E-state index contributed by atoms with van der Waals surface area (Å²) in [6.45, 7) is 6.52. The molecule has 1 aromatic carbocycles. The predicted molar refractivity (Wildman–Crippen MR) is 127 cm³/mol. The summed E-state index contributed by atoms with van der Waals surface area (Å²) in [5, 5.41) is 10.8. The fourth-order valence-corrected chi connectivity index (χ4v) is 3.43. The molecule has 0 bridgehead atoms. The molecule has 0 spiro atoms. The normalized spacial score (nSPS) is 13.1. The molecule has 172 valence electrons. The molecule has 9 nitrogen and oxygen atoms in total. The van der Waals surface area contributed by atoms with Crippen molar-refractivity contribution in [2.75, 3.05) is 37.0 Å². The molecule has 1 aliphatic rings. The van der Waals surface area contributed by atoms with E-state index >= 15 is 0 Å². The Balaban J connectivity index is 1.62. The largest absolute Gasteiger partial charge is 0.497 e. The number of ether oxygens (including phenoxy) is 2. The summed E-state index contributed by atoms with van der Waals surface area (Å²) < 4.78 is 10.2. The molecule has 33 heavy (non-hydrogen) atoms. The highest BCUT2D eigenvalue weighted by Gasteiger charge is 2.21. The number of benzene rings is 1. The number of anilines is 2. The van der Waals surface area contributed by atoms with Gasteiger partial charge >= 0.3 is 5.97 Å². The van der Waals surface area contributed by atoms with Crippen LogP contribution >= 0.6 is 0 Å². The molecule has 1 aliphatic heterocycles. The summed E-state index contributed by atoms with van der Waals surface area (Å²) in [7, 11) is 1.65. The van der Waals surface area contributed by atoms with E-state index in [1.54, 1.807) is 20.1 Å². The first-order valence-corrected chi connectivity index (χ1v) is 11.0. The van der Waals surface area contributed by atoms with E-state index in [2.05, 4.69) is 20.4 Å². The van der Waals surface area contributed by atoms with Crippen molar-refractivity contribution in [1.29, 1.82) is 0 Å². The van der Waals surface area contributed by atoms with E-state index in [9.17, 15) is 4.79 Å². The minimum atomic E-state index is -0.402. The summed E-state index contributed by atoms with van der Waals surface area (Å²) in [6.07, 6.45) is 4.23. The number of nitrogens with one attached hydrogen (secondary N) is 2. The average Bonchev–Trinajstić information content (AvgIpc) is 3.16. The number of carbonyl (C=O) groups excluding carboxylic acids is 1. The van der Waals surface area contributed by atoms with Gasteiger partial charge in [-0.25, -0.2) is 14.8 Å². The van der Waals surface area contributed by atoms with Gasteiger partial charge in [-0.1, -0.05) is 12.1 Å². The van der Waals surface area contributed by atoms with Crippen molar-refractivity contribution < 1.29 is 14.3 Å². The first-order chi connectivity index (χ1) is 16.1. The van der Waals surface area contributed by atoms with Crippen molar-refractivity contribution in [2.24, 2.45) is 0 Å². The van der Waals surface area contributed by atoms with Gasteiger partial charge in [0.25, 0.3) is 0 Å². The Morgan fingerprint density at radius 2 is 2.03 bits per heavy atom. The summed E-state index contributed by atoms with van der Waals surface area (Å²) in [4.78, 5) is 23.5. The van der Waals surface area contributed by atoms with Gasteiger partial charge in [0.1, 0.15) is 23.1 Å². The number of nitrogens with zero attached hydrogens (tertiary/aromatic N) is 4. The number of hydrogen-bond acceptors (Lipinski definition) is 8. The van der Waals surface area contributed by atoms with Gasteiger partial charge in [0, 0.05) is 43.0 Å². The van der Waals surface area contributed by atoms with Gasteiger partial charge in [-0.3, -0.25) is 5.10 Å². The van der Waals surface area contributed by atoms with Crippen molar-refractivity contribution >= 4 is 23.7 Å². The van der Waals surface area contributed by atoms with Crippen LogP contribution in [-0.2, 0) is 16.1 Å².